The molecule has 0 aliphatic carbocycles. The predicted octanol–water partition coefficient (Wildman–Crippen LogP) is 3.12. The van der Waals surface area contributed by atoms with Crippen molar-refractivity contribution in [3.05, 3.63) is 71.8 Å². The van der Waals surface area contributed by atoms with Crippen LogP contribution in [0.3, 0.4) is 0 Å². The molecule has 0 bridgehead atoms. The molecule has 0 saturated carbocycles. The van der Waals surface area contributed by atoms with E-state index in [1.54, 1.807) is 0 Å². The number of amides is 1. The van der Waals surface area contributed by atoms with Crippen LogP contribution in [0.25, 0.3) is 0 Å². The molecule has 0 aliphatic rings. The van der Waals surface area contributed by atoms with Crippen molar-refractivity contribution < 1.29 is 28.6 Å². The Bertz CT molecular complexity index is 835. The van der Waals surface area contributed by atoms with Crippen LogP contribution in [0, 0.1) is 0 Å². The molecule has 2 atom stereocenters. The summed E-state index contributed by atoms with van der Waals surface area (Å²) in [6, 6.07) is 16.7. The molecule has 0 aliphatic heterocycles. The number of nitrogens with two attached hydrogens (primary N) is 1. The highest BCUT2D eigenvalue weighted by Gasteiger charge is 2.23. The monoisotopic (exact) mass is 464 g/mol. The van der Waals surface area contributed by atoms with E-state index < -0.39 is 30.1 Å². The van der Waals surface area contributed by atoms with E-state index in [4.69, 9.17) is 19.9 Å². The number of alkyl carbamates (subject to hydrolysis) is 1. The summed E-state index contributed by atoms with van der Waals surface area (Å²) in [5.41, 5.74) is 7.58. The second kappa shape index (κ2) is 14.8. The molecule has 0 spiro atoms. The minimum Gasteiger partial charge on any atom is -0.467 e. The Morgan fingerprint density at radius 2 is 1.38 bits per heavy atom. The molecule has 1 amide bonds. The Morgan fingerprint density at radius 1 is 0.844 bits per heavy atom. The van der Waals surface area contributed by atoms with Crippen molar-refractivity contribution in [2.75, 3.05) is 7.11 Å². The van der Waals surface area contributed by atoms with Crippen molar-refractivity contribution in [3.8, 4) is 0 Å². The van der Waals surface area contributed by atoms with Gasteiger partial charge in [0.15, 0.2) is 0 Å². The first kappa shape index (κ1) is 26.9. The van der Waals surface area contributed by atoms with Crippen molar-refractivity contribution in [3.63, 3.8) is 0 Å². The molecule has 1 unspecified atom stereocenters. The highest BCUT2D eigenvalue weighted by molar-refractivity contribution is 5.85. The van der Waals surface area contributed by atoms with Gasteiger partial charge >= 0.3 is 18.0 Å². The van der Waals surface area contributed by atoms with Crippen LogP contribution in [0.5, 0.6) is 0 Å². The first-order valence-corrected chi connectivity index (χ1v) is 10.0. The van der Waals surface area contributed by atoms with Gasteiger partial charge in [-0.3, -0.25) is 4.79 Å². The van der Waals surface area contributed by atoms with Gasteiger partial charge in [0, 0.05) is 0 Å². The Kier molecular flexibility index (Phi) is 12.5. The fourth-order valence-electron chi connectivity index (χ4n) is 2.79. The number of carbonyl (C=O) groups is 3. The van der Waals surface area contributed by atoms with Crippen molar-refractivity contribution in [2.24, 2.45) is 5.73 Å². The molecule has 0 aromatic heterocycles. The highest BCUT2D eigenvalue weighted by atomic mass is 35.5. The van der Waals surface area contributed by atoms with Crippen LogP contribution in [0.1, 0.15) is 30.4 Å². The molecular formula is C23H29ClN2O6. The Hall–Kier alpha value is -3.10. The SMILES string of the molecule is COC(=O)[C@H](CCCC(N)C(=O)OCc1ccccc1)NC(=O)OCc1ccccc1.Cl. The molecule has 0 heterocycles. The van der Waals surface area contributed by atoms with Crippen LogP contribution in [0.4, 0.5) is 4.79 Å². The highest BCUT2D eigenvalue weighted by Crippen LogP contribution is 2.09. The minimum atomic E-state index is -0.902. The lowest BCUT2D eigenvalue weighted by molar-refractivity contribution is -0.146. The molecule has 0 fully saturated rings. The standard InChI is InChI=1S/C23H28N2O6.ClH/c1-29-22(27)20(25-23(28)31-16-18-11-6-3-7-12-18)14-8-13-19(24)21(26)30-15-17-9-4-2-5-10-17;/h2-7,9-12,19-20H,8,13-16,24H2,1H3,(H,25,28);1H/t19?,20-;/m0./s1. The van der Waals surface area contributed by atoms with Crippen LogP contribution in [-0.4, -0.2) is 37.2 Å². The number of ether oxygens (including phenoxy) is 3. The largest absolute Gasteiger partial charge is 0.467 e. The van der Waals surface area contributed by atoms with Gasteiger partial charge in [-0.05, 0) is 30.4 Å². The van der Waals surface area contributed by atoms with Gasteiger partial charge < -0.3 is 25.3 Å². The molecule has 2 aromatic carbocycles. The number of esters is 2. The molecule has 3 N–H and O–H groups in total. The fourth-order valence-corrected chi connectivity index (χ4v) is 2.79. The Balaban J connectivity index is 0.00000512. The number of halogens is 1. The summed E-state index contributed by atoms with van der Waals surface area (Å²) in [5.74, 6) is -1.12. The normalized spacial score (nSPS) is 11.9. The maximum Gasteiger partial charge on any atom is 0.408 e. The smallest absolute Gasteiger partial charge is 0.408 e. The van der Waals surface area contributed by atoms with Gasteiger partial charge in [-0.2, -0.15) is 0 Å². The first-order chi connectivity index (χ1) is 15.0. The molecule has 32 heavy (non-hydrogen) atoms. The van der Waals surface area contributed by atoms with Gasteiger partial charge in [-0.15, -0.1) is 12.4 Å². The molecule has 2 aromatic rings. The van der Waals surface area contributed by atoms with Gasteiger partial charge in [-0.25, -0.2) is 9.59 Å². The Labute approximate surface area is 193 Å². The van der Waals surface area contributed by atoms with Crippen molar-refractivity contribution in [2.45, 2.75) is 44.6 Å². The van der Waals surface area contributed by atoms with Crippen LogP contribution in [0.2, 0.25) is 0 Å². The lowest BCUT2D eigenvalue weighted by Crippen LogP contribution is -2.42. The quantitative estimate of drug-likeness (QED) is 0.387. The lowest BCUT2D eigenvalue weighted by atomic mass is 10.1. The van der Waals surface area contributed by atoms with E-state index in [-0.39, 0.29) is 32.0 Å². The second-order valence-electron chi connectivity index (χ2n) is 6.91. The molecule has 0 saturated heterocycles. The van der Waals surface area contributed by atoms with Gasteiger partial charge in [0.25, 0.3) is 0 Å². The first-order valence-electron chi connectivity index (χ1n) is 10.0. The zero-order valence-corrected chi connectivity index (χ0v) is 18.7. The van der Waals surface area contributed by atoms with Crippen LogP contribution in [0.15, 0.2) is 60.7 Å². The summed E-state index contributed by atoms with van der Waals surface area (Å²) in [6.07, 6.45) is 0.209. The van der Waals surface area contributed by atoms with Gasteiger partial charge in [0.1, 0.15) is 25.3 Å². The van der Waals surface area contributed by atoms with E-state index in [1.807, 2.05) is 60.7 Å². The topological polar surface area (TPSA) is 117 Å². The summed E-state index contributed by atoms with van der Waals surface area (Å²) >= 11 is 0. The number of hydrogen-bond donors (Lipinski definition) is 2. The molecule has 0 radical (unpaired) electrons. The number of benzene rings is 2. The van der Waals surface area contributed by atoms with E-state index in [0.29, 0.717) is 12.8 Å². The summed E-state index contributed by atoms with van der Waals surface area (Å²) < 4.78 is 15.1. The predicted molar refractivity (Wildman–Crippen MR) is 121 cm³/mol. The van der Waals surface area contributed by atoms with Crippen molar-refractivity contribution in [1.29, 1.82) is 0 Å². The summed E-state index contributed by atoms with van der Waals surface area (Å²) in [5, 5.41) is 2.49. The van der Waals surface area contributed by atoms with Crippen LogP contribution >= 0.6 is 12.4 Å². The Morgan fingerprint density at radius 3 is 1.91 bits per heavy atom. The van der Waals surface area contributed by atoms with E-state index in [1.165, 1.54) is 7.11 Å². The summed E-state index contributed by atoms with van der Waals surface area (Å²) in [4.78, 5) is 36.1. The van der Waals surface area contributed by atoms with Gasteiger partial charge in [-0.1, -0.05) is 60.7 Å². The third-order valence-electron chi connectivity index (χ3n) is 4.53. The number of hydrogen-bond acceptors (Lipinski definition) is 7. The third kappa shape index (κ3) is 9.80. The van der Waals surface area contributed by atoms with E-state index in [9.17, 15) is 14.4 Å². The van der Waals surface area contributed by atoms with Gasteiger partial charge in [0.05, 0.1) is 7.11 Å². The molecular weight excluding hydrogens is 436 g/mol. The minimum absolute atomic E-state index is 0. The molecule has 2 rings (SSSR count). The van der Waals surface area contributed by atoms with Crippen LogP contribution in [-0.2, 0) is 37.0 Å². The molecule has 9 heteroatoms. The second-order valence-corrected chi connectivity index (χ2v) is 6.91. The van der Waals surface area contributed by atoms with E-state index in [0.717, 1.165) is 11.1 Å². The summed E-state index contributed by atoms with van der Waals surface area (Å²) in [6.45, 7) is 0.228. The lowest BCUT2D eigenvalue weighted by Gasteiger charge is -2.17. The third-order valence-corrected chi connectivity index (χ3v) is 4.53. The zero-order valence-electron chi connectivity index (χ0n) is 17.9. The number of nitrogens with one attached hydrogen (secondary N) is 1. The van der Waals surface area contributed by atoms with E-state index in [2.05, 4.69) is 5.32 Å². The van der Waals surface area contributed by atoms with E-state index >= 15 is 0 Å². The van der Waals surface area contributed by atoms with Crippen LogP contribution < -0.4 is 11.1 Å². The van der Waals surface area contributed by atoms with Crippen molar-refractivity contribution in [1.82, 2.24) is 5.32 Å². The maximum absolute atomic E-state index is 12.1. The van der Waals surface area contributed by atoms with Gasteiger partial charge in [0.2, 0.25) is 0 Å². The molecule has 8 nitrogen and oxygen atoms in total. The maximum atomic E-state index is 12.1. The number of rotatable bonds is 11. The molecule has 174 valence electrons. The number of methoxy groups -OCH3 is 1. The zero-order chi connectivity index (χ0) is 22.5. The van der Waals surface area contributed by atoms with Crippen molar-refractivity contribution >= 4 is 30.4 Å². The number of carbonyl (C=O) groups excluding carboxylic acids is 3. The average molecular weight is 465 g/mol. The summed E-state index contributed by atoms with van der Waals surface area (Å²) in [7, 11) is 1.24. The average Bonchev–Trinajstić information content (AvgIpc) is 2.81. The fraction of sp³-hybridized carbons (Fsp3) is 0.348.